The molecular formula is C17H21N3. The number of nitrogens with one attached hydrogen (secondary N) is 1. The summed E-state index contributed by atoms with van der Waals surface area (Å²) >= 11 is 0. The lowest BCUT2D eigenvalue weighted by atomic mass is 9.96. The van der Waals surface area contributed by atoms with E-state index in [4.69, 9.17) is 0 Å². The van der Waals surface area contributed by atoms with Crippen LogP contribution in [0.3, 0.4) is 0 Å². The van der Waals surface area contributed by atoms with Crippen LogP contribution in [0.25, 0.3) is 11.1 Å². The van der Waals surface area contributed by atoms with Crippen molar-refractivity contribution in [2.24, 2.45) is 0 Å². The van der Waals surface area contributed by atoms with E-state index in [0.717, 1.165) is 11.5 Å². The minimum atomic E-state index is 0.550. The van der Waals surface area contributed by atoms with Crippen LogP contribution in [0.15, 0.2) is 36.7 Å². The molecule has 0 unspecified atom stereocenters. The molecule has 3 nitrogen and oxygen atoms in total. The number of rotatable bonds is 3. The van der Waals surface area contributed by atoms with Crippen molar-refractivity contribution in [2.45, 2.75) is 45.1 Å². The summed E-state index contributed by atoms with van der Waals surface area (Å²) in [5, 5.41) is 3.45. The van der Waals surface area contributed by atoms with Gasteiger partial charge in [-0.3, -0.25) is 0 Å². The summed E-state index contributed by atoms with van der Waals surface area (Å²) in [4.78, 5) is 8.90. The summed E-state index contributed by atoms with van der Waals surface area (Å²) in [6, 6.07) is 9.01. The van der Waals surface area contributed by atoms with Gasteiger partial charge in [0.25, 0.3) is 0 Å². The van der Waals surface area contributed by atoms with E-state index in [0.29, 0.717) is 6.04 Å². The van der Waals surface area contributed by atoms with Gasteiger partial charge >= 0.3 is 0 Å². The first-order chi connectivity index (χ1) is 9.81. The summed E-state index contributed by atoms with van der Waals surface area (Å²) in [6.07, 6.45) is 10.3. The number of aromatic nitrogens is 2. The lowest BCUT2D eigenvalue weighted by molar-refractivity contribution is 0.461. The highest BCUT2D eigenvalue weighted by molar-refractivity contribution is 5.62. The average Bonchev–Trinajstić information content (AvgIpc) is 2.50. The summed E-state index contributed by atoms with van der Waals surface area (Å²) < 4.78 is 0. The SMILES string of the molecule is Cc1ccc(-c2cnc(NC3CCCCC3)nc2)cc1. The van der Waals surface area contributed by atoms with E-state index in [1.165, 1.54) is 43.2 Å². The van der Waals surface area contributed by atoms with Gasteiger partial charge in [0.05, 0.1) is 0 Å². The maximum absolute atomic E-state index is 4.45. The molecule has 20 heavy (non-hydrogen) atoms. The standard InChI is InChI=1S/C17H21N3/c1-13-7-9-14(10-8-13)15-11-18-17(19-12-15)20-16-5-3-2-4-6-16/h7-12,16H,2-6H2,1H3,(H,18,19,20). The molecule has 1 saturated carbocycles. The van der Waals surface area contributed by atoms with Gasteiger partial charge in [0.15, 0.2) is 0 Å². The third kappa shape index (κ3) is 3.16. The van der Waals surface area contributed by atoms with Crippen molar-refractivity contribution in [3.8, 4) is 11.1 Å². The molecule has 0 bridgehead atoms. The second-order valence-electron chi connectivity index (χ2n) is 5.64. The third-order valence-electron chi connectivity index (χ3n) is 3.98. The summed E-state index contributed by atoms with van der Waals surface area (Å²) in [6.45, 7) is 2.09. The molecule has 0 amide bonds. The Morgan fingerprint density at radius 3 is 2.20 bits per heavy atom. The molecule has 0 radical (unpaired) electrons. The first kappa shape index (κ1) is 13.1. The Bertz CT molecular complexity index is 539. The summed E-state index contributed by atoms with van der Waals surface area (Å²) in [7, 11) is 0. The molecule has 0 aliphatic heterocycles. The largest absolute Gasteiger partial charge is 0.351 e. The van der Waals surface area contributed by atoms with Crippen LogP contribution in [0.5, 0.6) is 0 Å². The van der Waals surface area contributed by atoms with E-state index in [9.17, 15) is 0 Å². The maximum atomic E-state index is 4.45. The Labute approximate surface area is 120 Å². The molecule has 0 saturated heterocycles. The molecule has 0 spiro atoms. The van der Waals surface area contributed by atoms with Crippen molar-refractivity contribution in [1.29, 1.82) is 0 Å². The molecule has 2 aromatic rings. The van der Waals surface area contributed by atoms with Gasteiger partial charge in [-0.1, -0.05) is 49.1 Å². The van der Waals surface area contributed by atoms with Gasteiger partial charge in [-0.05, 0) is 25.3 Å². The van der Waals surface area contributed by atoms with Crippen molar-refractivity contribution < 1.29 is 0 Å². The number of hydrogen-bond acceptors (Lipinski definition) is 3. The highest BCUT2D eigenvalue weighted by atomic mass is 15.1. The number of benzene rings is 1. The van der Waals surface area contributed by atoms with Gasteiger partial charge in [0.1, 0.15) is 0 Å². The Hall–Kier alpha value is -1.90. The van der Waals surface area contributed by atoms with Gasteiger partial charge in [-0.15, -0.1) is 0 Å². The van der Waals surface area contributed by atoms with Crippen LogP contribution in [0.2, 0.25) is 0 Å². The maximum Gasteiger partial charge on any atom is 0.222 e. The van der Waals surface area contributed by atoms with Crippen LogP contribution in [-0.4, -0.2) is 16.0 Å². The Morgan fingerprint density at radius 1 is 0.900 bits per heavy atom. The zero-order valence-corrected chi connectivity index (χ0v) is 12.0. The predicted molar refractivity (Wildman–Crippen MR) is 82.7 cm³/mol. The number of anilines is 1. The minimum absolute atomic E-state index is 0.550. The van der Waals surface area contributed by atoms with E-state index in [2.05, 4.69) is 46.5 Å². The van der Waals surface area contributed by atoms with Gasteiger partial charge in [-0.2, -0.15) is 0 Å². The van der Waals surface area contributed by atoms with E-state index in [1.807, 2.05) is 12.4 Å². The quantitative estimate of drug-likeness (QED) is 0.905. The Morgan fingerprint density at radius 2 is 1.55 bits per heavy atom. The van der Waals surface area contributed by atoms with Crippen molar-refractivity contribution in [3.05, 3.63) is 42.2 Å². The predicted octanol–water partition coefficient (Wildman–Crippen LogP) is 4.20. The third-order valence-corrected chi connectivity index (χ3v) is 3.98. The molecule has 1 aromatic carbocycles. The van der Waals surface area contributed by atoms with E-state index in [1.54, 1.807) is 0 Å². The van der Waals surface area contributed by atoms with Crippen LogP contribution >= 0.6 is 0 Å². The van der Waals surface area contributed by atoms with Crippen LogP contribution in [0, 0.1) is 6.92 Å². The van der Waals surface area contributed by atoms with Gasteiger partial charge in [-0.25, -0.2) is 9.97 Å². The Kier molecular flexibility index (Phi) is 3.95. The number of aryl methyl sites for hydroxylation is 1. The van der Waals surface area contributed by atoms with E-state index >= 15 is 0 Å². The van der Waals surface area contributed by atoms with Crippen molar-refractivity contribution in [1.82, 2.24) is 9.97 Å². The normalized spacial score (nSPS) is 16.1. The zero-order chi connectivity index (χ0) is 13.8. The average molecular weight is 267 g/mol. The van der Waals surface area contributed by atoms with Crippen LogP contribution < -0.4 is 5.32 Å². The molecule has 1 aromatic heterocycles. The van der Waals surface area contributed by atoms with Gasteiger partial charge in [0.2, 0.25) is 5.95 Å². The van der Waals surface area contributed by atoms with Gasteiger partial charge < -0.3 is 5.32 Å². The molecule has 1 aliphatic carbocycles. The van der Waals surface area contributed by atoms with Crippen LogP contribution in [0.1, 0.15) is 37.7 Å². The molecule has 104 valence electrons. The Balaban J connectivity index is 1.69. The molecule has 0 atom stereocenters. The van der Waals surface area contributed by atoms with Crippen molar-refractivity contribution in [2.75, 3.05) is 5.32 Å². The first-order valence-electron chi connectivity index (χ1n) is 7.47. The van der Waals surface area contributed by atoms with Crippen LogP contribution in [0.4, 0.5) is 5.95 Å². The molecule has 1 N–H and O–H groups in total. The number of hydrogen-bond donors (Lipinski definition) is 1. The smallest absolute Gasteiger partial charge is 0.222 e. The zero-order valence-electron chi connectivity index (χ0n) is 12.0. The summed E-state index contributed by atoms with van der Waals surface area (Å²) in [5.41, 5.74) is 3.50. The first-order valence-corrected chi connectivity index (χ1v) is 7.47. The highest BCUT2D eigenvalue weighted by Gasteiger charge is 2.13. The van der Waals surface area contributed by atoms with E-state index < -0.39 is 0 Å². The molecule has 1 aliphatic rings. The fourth-order valence-corrected chi connectivity index (χ4v) is 2.73. The monoisotopic (exact) mass is 267 g/mol. The lowest BCUT2D eigenvalue weighted by Gasteiger charge is -2.22. The molecule has 3 rings (SSSR count). The molecule has 3 heteroatoms. The molecular weight excluding hydrogens is 246 g/mol. The number of nitrogens with zero attached hydrogens (tertiary/aromatic N) is 2. The topological polar surface area (TPSA) is 37.8 Å². The second kappa shape index (κ2) is 6.04. The molecule has 1 heterocycles. The van der Waals surface area contributed by atoms with Crippen molar-refractivity contribution in [3.63, 3.8) is 0 Å². The lowest BCUT2D eigenvalue weighted by Crippen LogP contribution is -2.23. The van der Waals surface area contributed by atoms with Gasteiger partial charge in [0, 0.05) is 24.0 Å². The van der Waals surface area contributed by atoms with Crippen LogP contribution in [-0.2, 0) is 0 Å². The fourth-order valence-electron chi connectivity index (χ4n) is 2.73. The fraction of sp³-hybridized carbons (Fsp3) is 0.412. The molecule has 1 fully saturated rings. The summed E-state index contributed by atoms with van der Waals surface area (Å²) in [5.74, 6) is 0.757. The van der Waals surface area contributed by atoms with E-state index in [-0.39, 0.29) is 0 Å². The highest BCUT2D eigenvalue weighted by Crippen LogP contribution is 2.22. The second-order valence-corrected chi connectivity index (χ2v) is 5.64. The minimum Gasteiger partial charge on any atom is -0.351 e. The van der Waals surface area contributed by atoms with Crippen molar-refractivity contribution >= 4 is 5.95 Å².